The van der Waals surface area contributed by atoms with Gasteiger partial charge in [0.2, 0.25) is 0 Å². The van der Waals surface area contributed by atoms with Crippen LogP contribution in [0.15, 0.2) is 35.1 Å². The van der Waals surface area contributed by atoms with Crippen molar-refractivity contribution in [3.05, 3.63) is 40.1 Å². The molecule has 1 N–H and O–H groups in total. The summed E-state index contributed by atoms with van der Waals surface area (Å²) in [6.45, 7) is 0. The fourth-order valence-corrected chi connectivity index (χ4v) is 1.97. The molecular formula is C11H9BrClN3. The number of nitrogens with one attached hydrogen (secondary N) is 1. The standard InChI is InChI=1S/C11H9BrClN3/c1-14-11-10(15-4-5-16-11)8-6-7(12)2-3-9(8)13/h2-6H,1H3,(H,14,16). The monoisotopic (exact) mass is 297 g/mol. The zero-order valence-corrected chi connectivity index (χ0v) is 10.9. The van der Waals surface area contributed by atoms with Gasteiger partial charge in [-0.25, -0.2) is 4.98 Å². The van der Waals surface area contributed by atoms with Crippen molar-refractivity contribution in [2.75, 3.05) is 12.4 Å². The zero-order chi connectivity index (χ0) is 11.5. The van der Waals surface area contributed by atoms with Crippen molar-refractivity contribution >= 4 is 33.3 Å². The first-order valence-corrected chi connectivity index (χ1v) is 5.83. The topological polar surface area (TPSA) is 37.8 Å². The molecule has 1 heterocycles. The molecule has 0 aliphatic carbocycles. The first-order valence-electron chi connectivity index (χ1n) is 4.66. The molecule has 0 fully saturated rings. The van der Waals surface area contributed by atoms with Crippen LogP contribution >= 0.6 is 27.5 Å². The maximum atomic E-state index is 6.14. The second kappa shape index (κ2) is 4.80. The predicted molar refractivity (Wildman–Crippen MR) is 69.7 cm³/mol. The number of hydrogen-bond donors (Lipinski definition) is 1. The Bertz CT molecular complexity index is 516. The van der Waals surface area contributed by atoms with Gasteiger partial charge in [-0.15, -0.1) is 0 Å². The molecule has 0 unspecified atom stereocenters. The number of halogens is 2. The van der Waals surface area contributed by atoms with Gasteiger partial charge in [0, 0.05) is 29.5 Å². The van der Waals surface area contributed by atoms with E-state index in [-0.39, 0.29) is 0 Å². The first kappa shape index (κ1) is 11.4. The summed E-state index contributed by atoms with van der Waals surface area (Å²) in [6, 6.07) is 5.64. The minimum absolute atomic E-state index is 0.653. The highest BCUT2D eigenvalue weighted by Gasteiger charge is 2.10. The van der Waals surface area contributed by atoms with Crippen LogP contribution in [0, 0.1) is 0 Å². The van der Waals surface area contributed by atoms with Gasteiger partial charge in [0.05, 0.1) is 5.02 Å². The lowest BCUT2D eigenvalue weighted by Gasteiger charge is -2.08. The fraction of sp³-hybridized carbons (Fsp3) is 0.0909. The minimum Gasteiger partial charge on any atom is -0.371 e. The number of anilines is 1. The molecule has 0 bridgehead atoms. The van der Waals surface area contributed by atoms with E-state index in [0.29, 0.717) is 10.8 Å². The minimum atomic E-state index is 0.653. The Morgan fingerprint density at radius 3 is 2.75 bits per heavy atom. The third kappa shape index (κ3) is 2.18. The molecule has 2 aromatic rings. The van der Waals surface area contributed by atoms with Gasteiger partial charge in [-0.1, -0.05) is 27.5 Å². The molecule has 0 aliphatic rings. The van der Waals surface area contributed by atoms with Crippen molar-refractivity contribution in [1.82, 2.24) is 9.97 Å². The Hall–Kier alpha value is -1.13. The molecule has 0 saturated heterocycles. The SMILES string of the molecule is CNc1nccnc1-c1cc(Br)ccc1Cl. The van der Waals surface area contributed by atoms with Crippen LogP contribution in [0.1, 0.15) is 0 Å². The Morgan fingerprint density at radius 2 is 2.00 bits per heavy atom. The summed E-state index contributed by atoms with van der Waals surface area (Å²) in [6.07, 6.45) is 3.29. The Morgan fingerprint density at radius 1 is 1.25 bits per heavy atom. The van der Waals surface area contributed by atoms with E-state index < -0.39 is 0 Å². The molecule has 1 aromatic carbocycles. The van der Waals surface area contributed by atoms with Gasteiger partial charge in [0.15, 0.2) is 5.82 Å². The molecule has 0 aliphatic heterocycles. The number of nitrogens with zero attached hydrogens (tertiary/aromatic N) is 2. The molecule has 0 atom stereocenters. The van der Waals surface area contributed by atoms with Gasteiger partial charge in [0.1, 0.15) is 5.69 Å². The molecule has 1 aromatic heterocycles. The summed E-state index contributed by atoms with van der Waals surface area (Å²) in [5, 5.41) is 3.65. The van der Waals surface area contributed by atoms with Gasteiger partial charge in [-0.2, -0.15) is 0 Å². The molecule has 3 nitrogen and oxygen atoms in total. The molecule has 0 saturated carbocycles. The van der Waals surface area contributed by atoms with Crippen LogP contribution in [0.5, 0.6) is 0 Å². The third-order valence-corrected chi connectivity index (χ3v) is 2.94. The highest BCUT2D eigenvalue weighted by atomic mass is 79.9. The summed E-state index contributed by atoms with van der Waals surface area (Å²) in [4.78, 5) is 8.49. The summed E-state index contributed by atoms with van der Waals surface area (Å²) in [5.74, 6) is 0.711. The molecule has 0 amide bonds. The average Bonchev–Trinajstić information content (AvgIpc) is 2.32. The number of hydrogen-bond acceptors (Lipinski definition) is 3. The van der Waals surface area contributed by atoms with Crippen molar-refractivity contribution in [2.45, 2.75) is 0 Å². The Balaban J connectivity index is 2.62. The van der Waals surface area contributed by atoms with Crippen molar-refractivity contribution in [2.24, 2.45) is 0 Å². The molecule has 0 radical (unpaired) electrons. The summed E-state index contributed by atoms with van der Waals surface area (Å²) < 4.78 is 0.958. The third-order valence-electron chi connectivity index (χ3n) is 2.12. The van der Waals surface area contributed by atoms with Crippen LogP contribution in [0.25, 0.3) is 11.3 Å². The summed E-state index contributed by atoms with van der Waals surface area (Å²) in [7, 11) is 1.80. The smallest absolute Gasteiger partial charge is 0.152 e. The molecule has 5 heteroatoms. The van der Waals surface area contributed by atoms with E-state index in [1.165, 1.54) is 0 Å². The lowest BCUT2D eigenvalue weighted by Crippen LogP contribution is -1.97. The van der Waals surface area contributed by atoms with Crippen LogP contribution in [0.2, 0.25) is 5.02 Å². The van der Waals surface area contributed by atoms with Crippen molar-refractivity contribution in [1.29, 1.82) is 0 Å². The highest BCUT2D eigenvalue weighted by molar-refractivity contribution is 9.10. The van der Waals surface area contributed by atoms with E-state index in [0.717, 1.165) is 15.7 Å². The fourth-order valence-electron chi connectivity index (χ4n) is 1.40. The van der Waals surface area contributed by atoms with Gasteiger partial charge in [0.25, 0.3) is 0 Å². The summed E-state index contributed by atoms with van der Waals surface area (Å²) in [5.41, 5.74) is 1.60. The lowest BCUT2D eigenvalue weighted by atomic mass is 10.1. The van der Waals surface area contributed by atoms with Crippen LogP contribution in [-0.2, 0) is 0 Å². The zero-order valence-electron chi connectivity index (χ0n) is 8.54. The van der Waals surface area contributed by atoms with Crippen molar-refractivity contribution < 1.29 is 0 Å². The van der Waals surface area contributed by atoms with E-state index in [2.05, 4.69) is 31.2 Å². The maximum Gasteiger partial charge on any atom is 0.152 e. The quantitative estimate of drug-likeness (QED) is 0.920. The van der Waals surface area contributed by atoms with E-state index in [9.17, 15) is 0 Å². The van der Waals surface area contributed by atoms with E-state index in [1.54, 1.807) is 19.4 Å². The molecule has 82 valence electrons. The average molecular weight is 299 g/mol. The largest absolute Gasteiger partial charge is 0.371 e. The molecule has 16 heavy (non-hydrogen) atoms. The van der Waals surface area contributed by atoms with Gasteiger partial charge < -0.3 is 5.32 Å². The summed E-state index contributed by atoms with van der Waals surface area (Å²) >= 11 is 9.56. The Kier molecular flexibility index (Phi) is 3.41. The van der Waals surface area contributed by atoms with Gasteiger partial charge in [-0.3, -0.25) is 4.98 Å². The molecule has 0 spiro atoms. The second-order valence-corrected chi connectivity index (χ2v) is 4.45. The first-order chi connectivity index (χ1) is 7.72. The molecular weight excluding hydrogens is 289 g/mol. The van der Waals surface area contributed by atoms with E-state index >= 15 is 0 Å². The molecule has 2 rings (SSSR count). The second-order valence-electron chi connectivity index (χ2n) is 3.13. The number of aromatic nitrogens is 2. The van der Waals surface area contributed by atoms with Gasteiger partial charge >= 0.3 is 0 Å². The van der Waals surface area contributed by atoms with Crippen molar-refractivity contribution in [3.63, 3.8) is 0 Å². The number of rotatable bonds is 2. The lowest BCUT2D eigenvalue weighted by molar-refractivity contribution is 1.19. The number of benzene rings is 1. The van der Waals surface area contributed by atoms with Crippen LogP contribution < -0.4 is 5.32 Å². The normalized spacial score (nSPS) is 10.2. The van der Waals surface area contributed by atoms with Crippen LogP contribution in [-0.4, -0.2) is 17.0 Å². The maximum absolute atomic E-state index is 6.14. The van der Waals surface area contributed by atoms with Crippen molar-refractivity contribution in [3.8, 4) is 11.3 Å². The van der Waals surface area contributed by atoms with Crippen LogP contribution in [0.3, 0.4) is 0 Å². The van der Waals surface area contributed by atoms with Gasteiger partial charge in [-0.05, 0) is 18.2 Å². The van der Waals surface area contributed by atoms with E-state index in [4.69, 9.17) is 11.6 Å². The van der Waals surface area contributed by atoms with Crippen LogP contribution in [0.4, 0.5) is 5.82 Å². The van der Waals surface area contributed by atoms with E-state index in [1.807, 2.05) is 18.2 Å². The Labute approximate surface area is 107 Å². The highest BCUT2D eigenvalue weighted by Crippen LogP contribution is 2.32. The predicted octanol–water partition coefficient (Wildman–Crippen LogP) is 3.60.